The molecular formula is C17H28N2O2. The van der Waals surface area contributed by atoms with Gasteiger partial charge in [0, 0.05) is 25.7 Å². The molecule has 1 aliphatic heterocycles. The Balaban J connectivity index is 1.96. The number of nitrogens with zero attached hydrogens (tertiary/aromatic N) is 1. The summed E-state index contributed by atoms with van der Waals surface area (Å²) in [5, 5.41) is 0. The molecular weight excluding hydrogens is 264 g/mol. The molecule has 21 heavy (non-hydrogen) atoms. The molecule has 0 bridgehead atoms. The average Bonchev–Trinajstić information content (AvgIpc) is 2.51. The third-order valence-electron chi connectivity index (χ3n) is 4.13. The number of rotatable bonds is 7. The molecule has 118 valence electrons. The van der Waals surface area contributed by atoms with E-state index in [1.54, 1.807) is 0 Å². The van der Waals surface area contributed by atoms with Crippen LogP contribution in [0, 0.1) is 5.92 Å². The fraction of sp³-hybridized carbons (Fsp3) is 0.647. The van der Waals surface area contributed by atoms with Crippen molar-refractivity contribution >= 4 is 0 Å². The maximum atomic E-state index is 6.00. The van der Waals surface area contributed by atoms with Crippen LogP contribution in [-0.4, -0.2) is 44.9 Å². The molecule has 1 heterocycles. The van der Waals surface area contributed by atoms with Crippen LogP contribution in [0.15, 0.2) is 24.3 Å². The van der Waals surface area contributed by atoms with E-state index >= 15 is 0 Å². The molecule has 0 radical (unpaired) electrons. The number of benzene rings is 1. The first kappa shape index (κ1) is 16.3. The maximum Gasteiger partial charge on any atom is 0.119 e. The van der Waals surface area contributed by atoms with Gasteiger partial charge in [0.25, 0.3) is 0 Å². The van der Waals surface area contributed by atoms with Gasteiger partial charge >= 0.3 is 0 Å². The zero-order valence-corrected chi connectivity index (χ0v) is 13.3. The van der Waals surface area contributed by atoms with Crippen LogP contribution in [-0.2, 0) is 4.74 Å². The van der Waals surface area contributed by atoms with Gasteiger partial charge in [0.2, 0.25) is 0 Å². The summed E-state index contributed by atoms with van der Waals surface area (Å²) >= 11 is 0. The van der Waals surface area contributed by atoms with Crippen molar-refractivity contribution in [2.24, 2.45) is 11.7 Å². The Morgan fingerprint density at radius 1 is 1.38 bits per heavy atom. The maximum absolute atomic E-state index is 6.00. The summed E-state index contributed by atoms with van der Waals surface area (Å²) in [6, 6.07) is 8.55. The molecule has 1 aliphatic rings. The summed E-state index contributed by atoms with van der Waals surface area (Å²) in [6.07, 6.45) is 2.43. The first-order valence-corrected chi connectivity index (χ1v) is 7.95. The second-order valence-corrected chi connectivity index (χ2v) is 5.78. The summed E-state index contributed by atoms with van der Waals surface area (Å²) in [4.78, 5) is 2.36. The van der Waals surface area contributed by atoms with Crippen LogP contribution in [0.4, 0.5) is 0 Å². The molecule has 2 N–H and O–H groups in total. The van der Waals surface area contributed by atoms with Crippen molar-refractivity contribution in [2.75, 3.05) is 40.0 Å². The number of hydrogen-bond donors (Lipinski definition) is 1. The molecule has 0 aromatic heterocycles. The van der Waals surface area contributed by atoms with Gasteiger partial charge in [0.1, 0.15) is 5.75 Å². The quantitative estimate of drug-likeness (QED) is 0.838. The highest BCUT2D eigenvalue weighted by atomic mass is 16.5. The normalized spacial score (nSPS) is 20.5. The van der Waals surface area contributed by atoms with Crippen molar-refractivity contribution in [1.29, 1.82) is 0 Å². The molecule has 0 saturated carbocycles. The molecule has 2 unspecified atom stereocenters. The fourth-order valence-corrected chi connectivity index (χ4v) is 3.01. The van der Waals surface area contributed by atoms with Gasteiger partial charge in [-0.15, -0.1) is 0 Å². The van der Waals surface area contributed by atoms with Gasteiger partial charge in [0.05, 0.1) is 13.2 Å². The molecule has 4 heteroatoms. The Labute approximate surface area is 128 Å². The number of nitrogens with two attached hydrogens (primary N) is 1. The van der Waals surface area contributed by atoms with Gasteiger partial charge < -0.3 is 15.2 Å². The van der Waals surface area contributed by atoms with E-state index in [9.17, 15) is 0 Å². The topological polar surface area (TPSA) is 47.7 Å². The second kappa shape index (κ2) is 8.37. The average molecular weight is 292 g/mol. The van der Waals surface area contributed by atoms with E-state index in [1.807, 2.05) is 19.1 Å². The molecule has 1 aromatic carbocycles. The minimum Gasteiger partial charge on any atom is -0.494 e. The van der Waals surface area contributed by atoms with Crippen molar-refractivity contribution in [2.45, 2.75) is 25.8 Å². The van der Waals surface area contributed by atoms with Gasteiger partial charge in [0.15, 0.2) is 0 Å². The van der Waals surface area contributed by atoms with Crippen LogP contribution < -0.4 is 10.5 Å². The van der Waals surface area contributed by atoms with Gasteiger partial charge in [-0.25, -0.2) is 0 Å². The lowest BCUT2D eigenvalue weighted by atomic mass is 9.99. The molecule has 1 saturated heterocycles. The highest BCUT2D eigenvalue weighted by Gasteiger charge is 2.21. The zero-order valence-electron chi connectivity index (χ0n) is 13.3. The third-order valence-corrected chi connectivity index (χ3v) is 4.13. The molecule has 0 spiro atoms. The summed E-state index contributed by atoms with van der Waals surface area (Å²) < 4.78 is 11.1. The van der Waals surface area contributed by atoms with E-state index in [2.05, 4.69) is 24.1 Å². The lowest BCUT2D eigenvalue weighted by Gasteiger charge is -2.32. The molecule has 2 rings (SSSR count). The highest BCUT2D eigenvalue weighted by Crippen LogP contribution is 2.24. The SMILES string of the molecule is CCOc1ccc(C(CN)N(C)CC2CCCOC2)cc1. The van der Waals surface area contributed by atoms with Crippen LogP contribution in [0.3, 0.4) is 0 Å². The lowest BCUT2D eigenvalue weighted by molar-refractivity contribution is 0.0365. The summed E-state index contributed by atoms with van der Waals surface area (Å²) in [5.74, 6) is 1.54. The molecule has 1 fully saturated rings. The largest absolute Gasteiger partial charge is 0.494 e. The van der Waals surface area contributed by atoms with Gasteiger partial charge in [-0.3, -0.25) is 4.90 Å². The van der Waals surface area contributed by atoms with E-state index < -0.39 is 0 Å². The second-order valence-electron chi connectivity index (χ2n) is 5.78. The van der Waals surface area contributed by atoms with Crippen LogP contribution in [0.25, 0.3) is 0 Å². The smallest absolute Gasteiger partial charge is 0.119 e. The first-order chi connectivity index (χ1) is 10.2. The van der Waals surface area contributed by atoms with E-state index in [0.29, 0.717) is 19.1 Å². The molecule has 4 nitrogen and oxygen atoms in total. The fourth-order valence-electron chi connectivity index (χ4n) is 3.01. The van der Waals surface area contributed by atoms with Gasteiger partial charge in [-0.05, 0) is 50.4 Å². The summed E-state index contributed by atoms with van der Waals surface area (Å²) in [6.45, 7) is 6.15. The van der Waals surface area contributed by atoms with Crippen LogP contribution in [0.5, 0.6) is 5.75 Å². The first-order valence-electron chi connectivity index (χ1n) is 7.95. The monoisotopic (exact) mass is 292 g/mol. The zero-order chi connectivity index (χ0) is 15.1. The van der Waals surface area contributed by atoms with Crippen molar-refractivity contribution in [1.82, 2.24) is 4.90 Å². The predicted molar refractivity (Wildman–Crippen MR) is 85.6 cm³/mol. The highest BCUT2D eigenvalue weighted by molar-refractivity contribution is 5.29. The van der Waals surface area contributed by atoms with Crippen LogP contribution >= 0.6 is 0 Å². The Kier molecular flexibility index (Phi) is 6.49. The van der Waals surface area contributed by atoms with Crippen molar-refractivity contribution in [3.05, 3.63) is 29.8 Å². The Morgan fingerprint density at radius 2 is 2.14 bits per heavy atom. The van der Waals surface area contributed by atoms with Gasteiger partial charge in [-0.2, -0.15) is 0 Å². The van der Waals surface area contributed by atoms with Crippen molar-refractivity contribution in [3.63, 3.8) is 0 Å². The predicted octanol–water partition coefficient (Wildman–Crippen LogP) is 2.44. The Hall–Kier alpha value is -1.10. The number of hydrogen-bond acceptors (Lipinski definition) is 4. The van der Waals surface area contributed by atoms with E-state index in [0.717, 1.165) is 25.5 Å². The minimum absolute atomic E-state index is 0.252. The van der Waals surface area contributed by atoms with Gasteiger partial charge in [-0.1, -0.05) is 12.1 Å². The third kappa shape index (κ3) is 4.70. The summed E-state index contributed by atoms with van der Waals surface area (Å²) in [5.41, 5.74) is 7.25. The van der Waals surface area contributed by atoms with E-state index in [-0.39, 0.29) is 6.04 Å². The van der Waals surface area contributed by atoms with E-state index in [1.165, 1.54) is 18.4 Å². The Bertz CT molecular complexity index is 402. The lowest BCUT2D eigenvalue weighted by Crippen LogP contribution is -2.36. The van der Waals surface area contributed by atoms with Crippen LogP contribution in [0.1, 0.15) is 31.4 Å². The standard InChI is InChI=1S/C17H28N2O2/c1-3-21-16-8-6-15(7-9-16)17(11-18)19(2)12-14-5-4-10-20-13-14/h6-9,14,17H,3-5,10-13,18H2,1-2H3. The Morgan fingerprint density at radius 3 is 2.71 bits per heavy atom. The van der Waals surface area contributed by atoms with Crippen LogP contribution in [0.2, 0.25) is 0 Å². The summed E-state index contributed by atoms with van der Waals surface area (Å²) in [7, 11) is 2.16. The van der Waals surface area contributed by atoms with Crippen molar-refractivity contribution in [3.8, 4) is 5.75 Å². The molecule has 2 atom stereocenters. The minimum atomic E-state index is 0.252. The number of likely N-dealkylation sites (N-methyl/N-ethyl adjacent to an activating group) is 1. The molecule has 0 amide bonds. The molecule has 0 aliphatic carbocycles. The van der Waals surface area contributed by atoms with Crippen molar-refractivity contribution < 1.29 is 9.47 Å². The number of ether oxygens (including phenoxy) is 2. The molecule has 1 aromatic rings. The van der Waals surface area contributed by atoms with E-state index in [4.69, 9.17) is 15.2 Å².